The molecule has 0 saturated carbocycles. The van der Waals surface area contributed by atoms with E-state index in [1.54, 1.807) is 24.3 Å². The molecule has 1 aromatic rings. The molecule has 1 rings (SSSR count). The van der Waals surface area contributed by atoms with Crippen molar-refractivity contribution in [3.63, 3.8) is 0 Å². The van der Waals surface area contributed by atoms with Gasteiger partial charge in [-0.15, -0.1) is 6.42 Å². The van der Waals surface area contributed by atoms with Crippen LogP contribution in [-0.2, 0) is 11.2 Å². The normalized spacial score (nSPS) is 8.92. The quantitative estimate of drug-likeness (QED) is 0.397. The molecular formula is C10H9NO. The van der Waals surface area contributed by atoms with Gasteiger partial charge in [-0.25, -0.2) is 0 Å². The molecule has 0 fully saturated rings. The topological polar surface area (TPSA) is 43.1 Å². The molecule has 0 heterocycles. The standard InChI is InChI=1S/C10H9NO/c1-2-10(12)7-8-3-5-9(11)6-4-8/h1,3-6H,7,11H2. The average Bonchev–Trinajstić information content (AvgIpc) is 2.09. The van der Waals surface area contributed by atoms with E-state index in [1.807, 2.05) is 0 Å². The lowest BCUT2D eigenvalue weighted by atomic mass is 10.1. The zero-order valence-corrected chi connectivity index (χ0v) is 6.58. The van der Waals surface area contributed by atoms with Gasteiger partial charge in [-0.1, -0.05) is 12.1 Å². The van der Waals surface area contributed by atoms with Gasteiger partial charge in [-0.3, -0.25) is 4.79 Å². The van der Waals surface area contributed by atoms with Gasteiger partial charge in [0.2, 0.25) is 5.78 Å². The smallest absolute Gasteiger partial charge is 0.209 e. The summed E-state index contributed by atoms with van der Waals surface area (Å²) in [4.78, 5) is 10.8. The molecule has 0 aromatic heterocycles. The Hall–Kier alpha value is -1.75. The second-order valence-electron chi connectivity index (χ2n) is 2.49. The number of nitrogen functional groups attached to an aromatic ring is 1. The Kier molecular flexibility index (Phi) is 2.49. The number of nitrogens with two attached hydrogens (primary N) is 1. The van der Waals surface area contributed by atoms with Gasteiger partial charge < -0.3 is 5.73 Å². The fourth-order valence-electron chi connectivity index (χ4n) is 0.872. The van der Waals surface area contributed by atoms with Crippen LogP contribution in [0.4, 0.5) is 5.69 Å². The Labute approximate surface area is 71.4 Å². The molecule has 0 saturated heterocycles. The molecule has 0 radical (unpaired) electrons. The fourth-order valence-corrected chi connectivity index (χ4v) is 0.872. The first-order valence-electron chi connectivity index (χ1n) is 3.56. The number of anilines is 1. The average molecular weight is 159 g/mol. The molecule has 0 aliphatic heterocycles. The number of carbonyl (C=O) groups is 1. The van der Waals surface area contributed by atoms with Gasteiger partial charge in [0.15, 0.2) is 0 Å². The lowest BCUT2D eigenvalue weighted by molar-refractivity contribution is -0.113. The van der Waals surface area contributed by atoms with Crippen molar-refractivity contribution in [2.24, 2.45) is 0 Å². The Morgan fingerprint density at radius 2 is 2.00 bits per heavy atom. The van der Waals surface area contributed by atoms with Crippen LogP contribution in [0.5, 0.6) is 0 Å². The minimum Gasteiger partial charge on any atom is -0.399 e. The van der Waals surface area contributed by atoms with Gasteiger partial charge in [0.25, 0.3) is 0 Å². The van der Waals surface area contributed by atoms with Gasteiger partial charge in [0.1, 0.15) is 0 Å². The predicted molar refractivity (Wildman–Crippen MR) is 48.4 cm³/mol. The molecule has 0 atom stereocenters. The zero-order valence-electron chi connectivity index (χ0n) is 6.58. The Balaban J connectivity index is 2.73. The third-order valence-electron chi connectivity index (χ3n) is 1.51. The summed E-state index contributed by atoms with van der Waals surface area (Å²) in [6.45, 7) is 0. The Bertz CT molecular complexity index is 319. The highest BCUT2D eigenvalue weighted by atomic mass is 16.1. The molecule has 1 aromatic carbocycles. The van der Waals surface area contributed by atoms with E-state index in [1.165, 1.54) is 0 Å². The number of hydrogen-bond acceptors (Lipinski definition) is 2. The van der Waals surface area contributed by atoms with Crippen LogP contribution in [-0.4, -0.2) is 5.78 Å². The van der Waals surface area contributed by atoms with Crippen LogP contribution >= 0.6 is 0 Å². The number of Topliss-reactive ketones (excluding diaryl/α,β-unsaturated/α-hetero) is 1. The summed E-state index contributed by atoms with van der Waals surface area (Å²) in [6.07, 6.45) is 5.21. The Morgan fingerprint density at radius 1 is 1.42 bits per heavy atom. The summed E-state index contributed by atoms with van der Waals surface area (Å²) >= 11 is 0. The van der Waals surface area contributed by atoms with Crippen LogP contribution in [0.25, 0.3) is 0 Å². The summed E-state index contributed by atoms with van der Waals surface area (Å²) in [6, 6.07) is 7.09. The van der Waals surface area contributed by atoms with Crippen LogP contribution in [0, 0.1) is 12.3 Å². The number of hydrogen-bond donors (Lipinski definition) is 1. The maximum atomic E-state index is 10.8. The van der Waals surface area contributed by atoms with Crippen molar-refractivity contribution < 1.29 is 4.79 Å². The van der Waals surface area contributed by atoms with Crippen molar-refractivity contribution in [3.05, 3.63) is 29.8 Å². The summed E-state index contributed by atoms with van der Waals surface area (Å²) in [5.41, 5.74) is 7.05. The lowest BCUT2D eigenvalue weighted by Crippen LogP contribution is -1.98. The predicted octanol–water partition coefficient (Wildman–Crippen LogP) is 1.01. The summed E-state index contributed by atoms with van der Waals surface area (Å²) in [5, 5.41) is 0. The number of terminal acetylenes is 1. The largest absolute Gasteiger partial charge is 0.399 e. The minimum absolute atomic E-state index is 0.209. The van der Waals surface area contributed by atoms with Crippen molar-refractivity contribution in [2.45, 2.75) is 6.42 Å². The van der Waals surface area contributed by atoms with Crippen LogP contribution in [0.15, 0.2) is 24.3 Å². The maximum absolute atomic E-state index is 10.8. The highest BCUT2D eigenvalue weighted by Gasteiger charge is 1.98. The van der Waals surface area contributed by atoms with E-state index < -0.39 is 0 Å². The van der Waals surface area contributed by atoms with Gasteiger partial charge in [0, 0.05) is 12.1 Å². The monoisotopic (exact) mass is 159 g/mol. The molecule has 2 heteroatoms. The maximum Gasteiger partial charge on any atom is 0.209 e. The van der Waals surface area contributed by atoms with E-state index >= 15 is 0 Å². The van der Waals surface area contributed by atoms with E-state index in [2.05, 4.69) is 5.92 Å². The molecule has 12 heavy (non-hydrogen) atoms. The molecule has 0 spiro atoms. The summed E-state index contributed by atoms with van der Waals surface area (Å²) in [5.74, 6) is 1.85. The van der Waals surface area contributed by atoms with Crippen molar-refractivity contribution >= 4 is 11.5 Å². The first-order valence-corrected chi connectivity index (χ1v) is 3.56. The van der Waals surface area contributed by atoms with Gasteiger partial charge in [-0.2, -0.15) is 0 Å². The van der Waals surface area contributed by atoms with Gasteiger partial charge in [0.05, 0.1) is 0 Å². The molecule has 2 N–H and O–H groups in total. The van der Waals surface area contributed by atoms with E-state index in [4.69, 9.17) is 12.2 Å². The van der Waals surface area contributed by atoms with E-state index in [-0.39, 0.29) is 12.2 Å². The van der Waals surface area contributed by atoms with Crippen molar-refractivity contribution in [3.8, 4) is 12.3 Å². The van der Waals surface area contributed by atoms with Crippen molar-refractivity contribution in [1.82, 2.24) is 0 Å². The molecule has 0 amide bonds. The number of ketones is 1. The van der Waals surface area contributed by atoms with E-state index in [0.717, 1.165) is 5.56 Å². The third-order valence-corrected chi connectivity index (χ3v) is 1.51. The summed E-state index contributed by atoms with van der Waals surface area (Å²) in [7, 11) is 0. The molecule has 0 aliphatic carbocycles. The molecule has 0 bridgehead atoms. The van der Waals surface area contributed by atoms with E-state index in [0.29, 0.717) is 5.69 Å². The molecule has 0 unspecified atom stereocenters. The first-order chi connectivity index (χ1) is 5.72. The van der Waals surface area contributed by atoms with Crippen LogP contribution in [0.3, 0.4) is 0 Å². The SMILES string of the molecule is C#CC(=O)Cc1ccc(N)cc1. The number of benzene rings is 1. The van der Waals surface area contributed by atoms with Gasteiger partial charge >= 0.3 is 0 Å². The second kappa shape index (κ2) is 3.59. The molecule has 2 nitrogen and oxygen atoms in total. The number of rotatable bonds is 2. The lowest BCUT2D eigenvalue weighted by Gasteiger charge is -1.96. The zero-order chi connectivity index (χ0) is 8.97. The van der Waals surface area contributed by atoms with Crippen molar-refractivity contribution in [2.75, 3.05) is 5.73 Å². The number of carbonyl (C=O) groups excluding carboxylic acids is 1. The van der Waals surface area contributed by atoms with E-state index in [9.17, 15) is 4.79 Å². The third kappa shape index (κ3) is 2.14. The molecular weight excluding hydrogens is 150 g/mol. The van der Waals surface area contributed by atoms with Crippen LogP contribution in [0.2, 0.25) is 0 Å². The van der Waals surface area contributed by atoms with Gasteiger partial charge in [-0.05, 0) is 23.6 Å². The molecule has 60 valence electrons. The van der Waals surface area contributed by atoms with Crippen LogP contribution in [0.1, 0.15) is 5.56 Å². The highest BCUT2D eigenvalue weighted by Crippen LogP contribution is 2.05. The van der Waals surface area contributed by atoms with Crippen LogP contribution < -0.4 is 5.73 Å². The van der Waals surface area contributed by atoms with Crippen molar-refractivity contribution in [1.29, 1.82) is 0 Å². The highest BCUT2D eigenvalue weighted by molar-refractivity contribution is 5.96. The molecule has 0 aliphatic rings. The Morgan fingerprint density at radius 3 is 2.50 bits per heavy atom. The summed E-state index contributed by atoms with van der Waals surface area (Å²) < 4.78 is 0. The minimum atomic E-state index is -0.209. The second-order valence-corrected chi connectivity index (χ2v) is 2.49. The fraction of sp³-hybridized carbons (Fsp3) is 0.100. The first kappa shape index (κ1) is 8.35.